The highest BCUT2D eigenvalue weighted by Gasteiger charge is 2.24. The number of carbonyl (C=O) groups is 3. The maximum Gasteiger partial charge on any atom is 0.272 e. The number of thioether (sulfide) groups is 1. The summed E-state index contributed by atoms with van der Waals surface area (Å²) in [5.41, 5.74) is 3.77. The van der Waals surface area contributed by atoms with Gasteiger partial charge in [-0.05, 0) is 78.2 Å². The molecule has 0 saturated heterocycles. The van der Waals surface area contributed by atoms with E-state index >= 15 is 0 Å². The summed E-state index contributed by atoms with van der Waals surface area (Å²) in [7, 11) is 1.52. The second kappa shape index (κ2) is 15.8. The lowest BCUT2D eigenvalue weighted by Crippen LogP contribution is -2.30. The van der Waals surface area contributed by atoms with Crippen LogP contribution in [0.25, 0.3) is 6.08 Å². The number of ether oxygens (including phenoxy) is 1. The van der Waals surface area contributed by atoms with Crippen LogP contribution in [0.4, 0.5) is 11.4 Å². The third-order valence-electron chi connectivity index (χ3n) is 6.97. The van der Waals surface area contributed by atoms with Crippen molar-refractivity contribution in [3.63, 3.8) is 0 Å². The zero-order chi connectivity index (χ0) is 33.2. The van der Waals surface area contributed by atoms with Crippen molar-refractivity contribution in [3.8, 4) is 5.75 Å². The summed E-state index contributed by atoms with van der Waals surface area (Å²) < 4.78 is 5.45. The molecule has 0 aliphatic rings. The smallest absolute Gasteiger partial charge is 0.272 e. The van der Waals surface area contributed by atoms with Gasteiger partial charge in [0, 0.05) is 39.6 Å². The second-order valence-corrected chi connectivity index (χ2v) is 11.9. The fourth-order valence-corrected chi connectivity index (χ4v) is 5.73. The van der Waals surface area contributed by atoms with Crippen LogP contribution < -0.4 is 20.7 Å². The van der Waals surface area contributed by atoms with Gasteiger partial charge in [0.25, 0.3) is 11.8 Å². The monoisotopic (exact) mass is 662 g/mol. The lowest BCUT2D eigenvalue weighted by atomic mass is 10.1. The number of halogens is 1. The van der Waals surface area contributed by atoms with Crippen LogP contribution >= 0.6 is 23.4 Å². The van der Waals surface area contributed by atoms with Crippen LogP contribution in [0.2, 0.25) is 5.02 Å². The highest BCUT2D eigenvalue weighted by molar-refractivity contribution is 8.00. The van der Waals surface area contributed by atoms with Crippen LogP contribution in [0.5, 0.6) is 5.75 Å². The molecule has 236 valence electrons. The summed E-state index contributed by atoms with van der Waals surface area (Å²) in [6.45, 7) is 1.86. The SMILES string of the molecule is COc1cc(Cl)c(C)cc1NC(=O)C(Sc1ccc(NC(=O)/C(=C/c2cccnc2)NC(=O)c2ccccc2)cc1)c1ccccc1. The Kier molecular flexibility index (Phi) is 11.1. The molecule has 0 saturated carbocycles. The number of methoxy groups -OCH3 is 1. The van der Waals surface area contributed by atoms with Gasteiger partial charge in [-0.3, -0.25) is 19.4 Å². The summed E-state index contributed by atoms with van der Waals surface area (Å²) >= 11 is 7.63. The van der Waals surface area contributed by atoms with Gasteiger partial charge >= 0.3 is 0 Å². The number of rotatable bonds is 11. The number of nitrogens with one attached hydrogen (secondary N) is 3. The van der Waals surface area contributed by atoms with E-state index in [0.717, 1.165) is 16.0 Å². The molecule has 1 unspecified atom stereocenters. The molecule has 0 fully saturated rings. The number of nitrogens with zero attached hydrogens (tertiary/aromatic N) is 1. The van der Waals surface area contributed by atoms with Crippen LogP contribution in [0.1, 0.15) is 32.3 Å². The first-order valence-electron chi connectivity index (χ1n) is 14.6. The van der Waals surface area contributed by atoms with Crippen molar-refractivity contribution >= 4 is 58.5 Å². The minimum Gasteiger partial charge on any atom is -0.495 e. The van der Waals surface area contributed by atoms with Crippen molar-refractivity contribution in [3.05, 3.63) is 155 Å². The zero-order valence-corrected chi connectivity index (χ0v) is 27.1. The van der Waals surface area contributed by atoms with Gasteiger partial charge in [0.2, 0.25) is 5.91 Å². The molecular formula is C37H31ClN4O4S. The van der Waals surface area contributed by atoms with Crippen LogP contribution in [-0.2, 0) is 9.59 Å². The Hall–Kier alpha value is -5.38. The maximum atomic E-state index is 13.7. The molecule has 1 atom stereocenters. The van der Waals surface area contributed by atoms with Gasteiger partial charge in [0.05, 0.1) is 12.8 Å². The van der Waals surface area contributed by atoms with Crippen molar-refractivity contribution < 1.29 is 19.1 Å². The quantitative estimate of drug-likeness (QED) is 0.0979. The fraction of sp³-hybridized carbons (Fsp3) is 0.0811. The number of aromatic nitrogens is 1. The van der Waals surface area contributed by atoms with Gasteiger partial charge < -0.3 is 20.7 Å². The van der Waals surface area contributed by atoms with Gasteiger partial charge in [-0.1, -0.05) is 66.2 Å². The maximum absolute atomic E-state index is 13.7. The van der Waals surface area contributed by atoms with Crippen LogP contribution in [0.3, 0.4) is 0 Å². The van der Waals surface area contributed by atoms with Crippen molar-refractivity contribution in [1.29, 1.82) is 0 Å². The molecule has 1 heterocycles. The third kappa shape index (κ3) is 8.88. The van der Waals surface area contributed by atoms with E-state index in [4.69, 9.17) is 16.3 Å². The highest BCUT2D eigenvalue weighted by atomic mass is 35.5. The predicted molar refractivity (Wildman–Crippen MR) is 188 cm³/mol. The Labute approximate surface area is 282 Å². The minimum absolute atomic E-state index is 0.0546. The van der Waals surface area contributed by atoms with E-state index in [0.29, 0.717) is 33.3 Å². The molecule has 3 N–H and O–H groups in total. The number of anilines is 2. The van der Waals surface area contributed by atoms with Crippen molar-refractivity contribution in [1.82, 2.24) is 10.3 Å². The third-order valence-corrected chi connectivity index (χ3v) is 8.64. The Balaban J connectivity index is 1.33. The largest absolute Gasteiger partial charge is 0.495 e. The second-order valence-electron chi connectivity index (χ2n) is 10.3. The predicted octanol–water partition coefficient (Wildman–Crippen LogP) is 7.93. The molecule has 10 heteroatoms. The normalized spacial score (nSPS) is 11.7. The van der Waals surface area contributed by atoms with Gasteiger partial charge in [-0.2, -0.15) is 0 Å². The number of amides is 3. The van der Waals surface area contributed by atoms with Crippen LogP contribution in [0, 0.1) is 6.92 Å². The Morgan fingerprint density at radius 3 is 2.23 bits per heavy atom. The van der Waals surface area contributed by atoms with E-state index < -0.39 is 17.1 Å². The van der Waals surface area contributed by atoms with Crippen LogP contribution in [0.15, 0.2) is 132 Å². The minimum atomic E-state index is -0.598. The Morgan fingerprint density at radius 2 is 1.57 bits per heavy atom. The number of hydrogen-bond donors (Lipinski definition) is 3. The van der Waals surface area contributed by atoms with E-state index in [1.165, 1.54) is 18.9 Å². The molecule has 0 bridgehead atoms. The molecule has 0 radical (unpaired) electrons. The molecule has 8 nitrogen and oxygen atoms in total. The molecule has 0 spiro atoms. The first-order valence-corrected chi connectivity index (χ1v) is 15.8. The van der Waals surface area contributed by atoms with E-state index in [9.17, 15) is 14.4 Å². The topological polar surface area (TPSA) is 109 Å². The summed E-state index contributed by atoms with van der Waals surface area (Å²) in [6.07, 6.45) is 4.78. The Morgan fingerprint density at radius 1 is 0.872 bits per heavy atom. The molecular weight excluding hydrogens is 632 g/mol. The average Bonchev–Trinajstić information content (AvgIpc) is 3.10. The van der Waals surface area contributed by atoms with E-state index in [-0.39, 0.29) is 11.6 Å². The molecule has 5 rings (SSSR count). The average molecular weight is 663 g/mol. The molecule has 4 aromatic carbocycles. The van der Waals surface area contributed by atoms with Crippen molar-refractivity contribution in [2.45, 2.75) is 17.1 Å². The highest BCUT2D eigenvalue weighted by Crippen LogP contribution is 2.38. The summed E-state index contributed by atoms with van der Waals surface area (Å²) in [5.74, 6) is -0.702. The van der Waals surface area contributed by atoms with E-state index in [1.807, 2.05) is 55.5 Å². The molecule has 5 aromatic rings. The van der Waals surface area contributed by atoms with Crippen molar-refractivity contribution in [2.24, 2.45) is 0 Å². The summed E-state index contributed by atoms with van der Waals surface area (Å²) in [4.78, 5) is 44.9. The number of aryl methyl sites for hydroxylation is 1. The van der Waals surface area contributed by atoms with Gasteiger partial charge in [-0.25, -0.2) is 0 Å². The number of pyridine rings is 1. The van der Waals surface area contributed by atoms with Crippen molar-refractivity contribution in [2.75, 3.05) is 17.7 Å². The summed E-state index contributed by atoms with van der Waals surface area (Å²) in [6, 6.07) is 32.2. The lowest BCUT2D eigenvalue weighted by Gasteiger charge is -2.19. The Bertz CT molecular complexity index is 1890. The van der Waals surface area contributed by atoms with Gasteiger partial charge in [0.1, 0.15) is 16.7 Å². The van der Waals surface area contributed by atoms with Gasteiger partial charge in [-0.15, -0.1) is 11.8 Å². The van der Waals surface area contributed by atoms with E-state index in [2.05, 4.69) is 20.9 Å². The number of carbonyl (C=O) groups excluding carboxylic acids is 3. The first kappa shape index (κ1) is 33.0. The van der Waals surface area contributed by atoms with Gasteiger partial charge in [0.15, 0.2) is 0 Å². The lowest BCUT2D eigenvalue weighted by molar-refractivity contribution is -0.116. The standard InChI is InChI=1S/C37H31ClN4O4S/c1-24-20-31(33(46-2)22-30(24)38)41-37(45)34(26-11-5-3-6-12-26)47-29-17-15-28(16-18-29)40-36(44)32(21-25-10-9-19-39-23-25)42-35(43)27-13-7-4-8-14-27/h3-23,34H,1-2H3,(H,40,44)(H,41,45)(H,42,43)/b32-21-. The number of hydrogen-bond acceptors (Lipinski definition) is 6. The number of benzene rings is 4. The molecule has 0 aliphatic heterocycles. The fourth-order valence-electron chi connectivity index (χ4n) is 4.55. The molecule has 0 aliphatic carbocycles. The first-order chi connectivity index (χ1) is 22.8. The van der Waals surface area contributed by atoms with E-state index in [1.54, 1.807) is 79.1 Å². The molecule has 3 amide bonds. The molecule has 1 aromatic heterocycles. The van der Waals surface area contributed by atoms with Crippen LogP contribution in [-0.4, -0.2) is 29.8 Å². The molecule has 47 heavy (non-hydrogen) atoms. The zero-order valence-electron chi connectivity index (χ0n) is 25.6. The summed E-state index contributed by atoms with van der Waals surface area (Å²) in [5, 5.41) is 8.52.